The third kappa shape index (κ3) is 5.96. The van der Waals surface area contributed by atoms with Gasteiger partial charge in [-0.3, -0.25) is 9.78 Å². The van der Waals surface area contributed by atoms with E-state index in [0.717, 1.165) is 48.1 Å². The molecule has 202 valence electrons. The van der Waals surface area contributed by atoms with Crippen molar-refractivity contribution in [3.63, 3.8) is 0 Å². The molecule has 1 aromatic heterocycles. The maximum atomic E-state index is 13.5. The minimum Gasteiger partial charge on any atom is -0.385 e. The summed E-state index contributed by atoms with van der Waals surface area (Å²) in [5.74, 6) is 0.258. The highest BCUT2D eigenvalue weighted by molar-refractivity contribution is 6.33. The molecule has 2 heterocycles. The Hall–Kier alpha value is -2.73. The average molecular weight is 534 g/mol. The highest BCUT2D eigenvalue weighted by Gasteiger charge is 2.43. The number of hydrogen-bond acceptors (Lipinski definition) is 4. The molecule has 0 saturated carbocycles. The van der Waals surface area contributed by atoms with Gasteiger partial charge in [-0.15, -0.1) is 0 Å². The predicted octanol–water partition coefficient (Wildman–Crippen LogP) is 6.78. The number of halogens is 1. The number of aliphatic hydroxyl groups is 1. The molecule has 2 atom stereocenters. The molecule has 2 N–H and O–H groups in total. The lowest BCUT2D eigenvalue weighted by Gasteiger charge is -2.43. The molecule has 3 aromatic rings. The van der Waals surface area contributed by atoms with Crippen LogP contribution < -0.4 is 5.32 Å². The first-order valence-electron chi connectivity index (χ1n) is 13.8. The molecule has 0 spiro atoms. The molecule has 0 aliphatic carbocycles. The van der Waals surface area contributed by atoms with E-state index >= 15 is 0 Å². The maximum Gasteiger partial charge on any atom is 0.253 e. The van der Waals surface area contributed by atoms with Crippen molar-refractivity contribution in [2.75, 3.05) is 20.1 Å². The number of nitrogens with zero attached hydrogens (tertiary/aromatic N) is 2. The van der Waals surface area contributed by atoms with E-state index in [1.165, 1.54) is 5.56 Å². The Kier molecular flexibility index (Phi) is 9.24. The first-order chi connectivity index (χ1) is 18.3. The van der Waals surface area contributed by atoms with Crippen LogP contribution in [0.25, 0.3) is 11.1 Å². The second kappa shape index (κ2) is 12.4. The molecule has 1 amide bonds. The zero-order valence-electron chi connectivity index (χ0n) is 23.0. The smallest absolute Gasteiger partial charge is 0.253 e. The lowest BCUT2D eigenvalue weighted by atomic mass is 9.72. The van der Waals surface area contributed by atoms with Crippen LogP contribution in [0.2, 0.25) is 5.02 Å². The Morgan fingerprint density at radius 3 is 2.66 bits per heavy atom. The molecule has 1 aliphatic rings. The summed E-state index contributed by atoms with van der Waals surface area (Å²) in [6.07, 6.45) is 6.47. The number of benzene rings is 2. The highest BCUT2D eigenvalue weighted by Crippen LogP contribution is 2.45. The van der Waals surface area contributed by atoms with Gasteiger partial charge in [0.25, 0.3) is 5.91 Å². The van der Waals surface area contributed by atoms with Gasteiger partial charge in [0, 0.05) is 54.6 Å². The molecule has 4 rings (SSSR count). The normalized spacial score (nSPS) is 17.4. The van der Waals surface area contributed by atoms with Gasteiger partial charge in [0.05, 0.1) is 10.6 Å². The van der Waals surface area contributed by atoms with Gasteiger partial charge in [-0.2, -0.15) is 0 Å². The van der Waals surface area contributed by atoms with Crippen LogP contribution in [0, 0.1) is 5.92 Å². The Morgan fingerprint density at radius 1 is 1.21 bits per heavy atom. The van der Waals surface area contributed by atoms with E-state index < -0.39 is 5.60 Å². The van der Waals surface area contributed by atoms with Crippen molar-refractivity contribution in [2.24, 2.45) is 5.92 Å². The lowest BCUT2D eigenvalue weighted by molar-refractivity contribution is -0.0558. The number of nitrogens with one attached hydrogen (secondary N) is 1. The van der Waals surface area contributed by atoms with Gasteiger partial charge >= 0.3 is 0 Å². The number of carbonyl (C=O) groups is 1. The van der Waals surface area contributed by atoms with Gasteiger partial charge in [-0.05, 0) is 61.1 Å². The third-order valence-electron chi connectivity index (χ3n) is 7.80. The van der Waals surface area contributed by atoms with Gasteiger partial charge in [0.15, 0.2) is 0 Å². The van der Waals surface area contributed by atoms with Gasteiger partial charge in [0.1, 0.15) is 0 Å². The summed E-state index contributed by atoms with van der Waals surface area (Å²) in [5, 5.41) is 16.1. The number of aromatic nitrogens is 1. The van der Waals surface area contributed by atoms with Crippen LogP contribution in [0.1, 0.15) is 79.4 Å². The van der Waals surface area contributed by atoms with Crippen molar-refractivity contribution < 1.29 is 9.90 Å². The number of pyridine rings is 1. The van der Waals surface area contributed by atoms with Crippen LogP contribution in [0.15, 0.2) is 60.9 Å². The Balaban J connectivity index is 1.69. The fourth-order valence-corrected chi connectivity index (χ4v) is 6.02. The molecule has 6 heteroatoms. The van der Waals surface area contributed by atoms with E-state index in [9.17, 15) is 9.90 Å². The number of piperidine rings is 1. The number of likely N-dealkylation sites (tertiary alicyclic amines) is 1. The molecular formula is C32H40ClN3O2. The summed E-state index contributed by atoms with van der Waals surface area (Å²) < 4.78 is 0. The molecule has 0 radical (unpaired) electrons. The largest absolute Gasteiger partial charge is 0.385 e. The van der Waals surface area contributed by atoms with Gasteiger partial charge in [-0.25, -0.2) is 0 Å². The van der Waals surface area contributed by atoms with Crippen molar-refractivity contribution in [3.8, 4) is 11.1 Å². The Morgan fingerprint density at radius 2 is 1.97 bits per heavy atom. The molecule has 1 fully saturated rings. The van der Waals surface area contributed by atoms with Crippen LogP contribution in [0.5, 0.6) is 0 Å². The fourth-order valence-electron chi connectivity index (χ4n) is 5.75. The Labute approximate surface area is 232 Å². The van der Waals surface area contributed by atoms with E-state index in [0.29, 0.717) is 36.0 Å². The monoisotopic (exact) mass is 533 g/mol. The van der Waals surface area contributed by atoms with Gasteiger partial charge in [0.2, 0.25) is 0 Å². The topological polar surface area (TPSA) is 65.5 Å². The summed E-state index contributed by atoms with van der Waals surface area (Å²) in [4.78, 5) is 19.8. The summed E-state index contributed by atoms with van der Waals surface area (Å²) in [5.41, 5.74) is 4.45. The second-order valence-corrected chi connectivity index (χ2v) is 11.2. The average Bonchev–Trinajstić information content (AvgIpc) is 2.93. The van der Waals surface area contributed by atoms with E-state index in [1.54, 1.807) is 12.4 Å². The number of carbonyl (C=O) groups excluding carboxylic acids is 1. The predicted molar refractivity (Wildman–Crippen MR) is 155 cm³/mol. The van der Waals surface area contributed by atoms with Gasteiger partial charge < -0.3 is 15.3 Å². The van der Waals surface area contributed by atoms with Gasteiger partial charge in [-0.1, -0.05) is 75.2 Å². The first kappa shape index (κ1) is 28.3. The fraction of sp³-hybridized carbons (Fsp3) is 0.438. The molecule has 1 saturated heterocycles. The van der Waals surface area contributed by atoms with E-state index in [-0.39, 0.29) is 11.8 Å². The molecule has 1 aliphatic heterocycles. The summed E-state index contributed by atoms with van der Waals surface area (Å²) >= 11 is 6.79. The SMILES string of the molecule is CCCC(O)(c1cncc(Cl)c1-c1cccc(C(C)C)c1)C1CCCN(C(=O)c2ccc(CNC)cc2)C1. The highest BCUT2D eigenvalue weighted by atomic mass is 35.5. The molecule has 38 heavy (non-hydrogen) atoms. The summed E-state index contributed by atoms with van der Waals surface area (Å²) in [6.45, 7) is 8.37. The lowest BCUT2D eigenvalue weighted by Crippen LogP contribution is -2.48. The maximum absolute atomic E-state index is 13.5. The summed E-state index contributed by atoms with van der Waals surface area (Å²) in [7, 11) is 1.91. The zero-order valence-corrected chi connectivity index (χ0v) is 23.8. The molecule has 2 aromatic carbocycles. The van der Waals surface area contributed by atoms with E-state index in [1.807, 2.05) is 42.3 Å². The van der Waals surface area contributed by atoms with Crippen molar-refractivity contribution in [3.05, 3.63) is 88.2 Å². The minimum atomic E-state index is -1.16. The second-order valence-electron chi connectivity index (χ2n) is 10.8. The third-order valence-corrected chi connectivity index (χ3v) is 8.09. The van der Waals surface area contributed by atoms with E-state index in [2.05, 4.69) is 49.3 Å². The zero-order chi connectivity index (χ0) is 27.3. The first-order valence-corrected chi connectivity index (χ1v) is 14.2. The number of rotatable bonds is 9. The molecule has 2 unspecified atom stereocenters. The van der Waals surface area contributed by atoms with Crippen molar-refractivity contribution >= 4 is 17.5 Å². The standard InChI is InChI=1S/C32H40ClN3O2/c1-5-15-32(38,28-19-35-20-29(33)30(28)26-9-6-8-25(17-26)22(2)3)27-10-7-16-36(21-27)31(37)24-13-11-23(12-14-24)18-34-4/h6,8-9,11-14,17,19-20,22,27,34,38H,5,7,10,15-16,18,21H2,1-4H3. The number of hydrogen-bond donors (Lipinski definition) is 2. The van der Waals surface area contributed by atoms with Crippen LogP contribution in [-0.4, -0.2) is 41.0 Å². The van der Waals surface area contributed by atoms with Crippen LogP contribution in [0.4, 0.5) is 0 Å². The van der Waals surface area contributed by atoms with E-state index in [4.69, 9.17) is 11.6 Å². The molecule has 0 bridgehead atoms. The number of amides is 1. The Bertz CT molecular complexity index is 1240. The minimum absolute atomic E-state index is 0.0126. The van der Waals surface area contributed by atoms with Crippen molar-refractivity contribution in [1.29, 1.82) is 0 Å². The quantitative estimate of drug-likeness (QED) is 0.318. The van der Waals surface area contributed by atoms with Crippen molar-refractivity contribution in [1.82, 2.24) is 15.2 Å². The van der Waals surface area contributed by atoms with Crippen molar-refractivity contribution in [2.45, 2.75) is 64.5 Å². The van der Waals surface area contributed by atoms with Crippen LogP contribution in [0.3, 0.4) is 0 Å². The van der Waals surface area contributed by atoms with Crippen LogP contribution in [-0.2, 0) is 12.1 Å². The summed E-state index contributed by atoms with van der Waals surface area (Å²) in [6, 6.07) is 16.2. The van der Waals surface area contributed by atoms with Crippen LogP contribution >= 0.6 is 11.6 Å². The molecule has 5 nitrogen and oxygen atoms in total. The molecular weight excluding hydrogens is 494 g/mol.